The van der Waals surface area contributed by atoms with Gasteiger partial charge in [-0.3, -0.25) is 0 Å². The normalized spacial score (nSPS) is 22.0. The number of piperidine rings is 1. The largest absolute Gasteiger partial charge is 0.368 e. The van der Waals surface area contributed by atoms with E-state index in [1.165, 1.54) is 45.9 Å². The number of piperazine rings is 1. The van der Waals surface area contributed by atoms with Gasteiger partial charge in [0.1, 0.15) is 12.2 Å². The molecular formula is C24H29ClN4O2S. The van der Waals surface area contributed by atoms with E-state index in [0.29, 0.717) is 5.92 Å². The summed E-state index contributed by atoms with van der Waals surface area (Å²) in [6.45, 7) is 5.90. The highest BCUT2D eigenvalue weighted by atomic mass is 35.5. The molecule has 0 unspecified atom stereocenters. The summed E-state index contributed by atoms with van der Waals surface area (Å²) in [5, 5.41) is 7.88. The lowest BCUT2D eigenvalue weighted by Gasteiger charge is -2.35. The molecule has 1 aromatic rings. The average molecular weight is 473 g/mol. The first-order valence-electron chi connectivity index (χ1n) is 11.2. The molecule has 0 bridgehead atoms. The van der Waals surface area contributed by atoms with Gasteiger partial charge in [-0.2, -0.15) is 0 Å². The fourth-order valence-corrected chi connectivity index (χ4v) is 5.70. The molecule has 3 heterocycles. The maximum absolute atomic E-state index is 6.47. The third-order valence-corrected chi connectivity index (χ3v) is 7.53. The molecule has 0 spiro atoms. The number of nitrogens with one attached hydrogen (secondary N) is 2. The summed E-state index contributed by atoms with van der Waals surface area (Å²) in [7, 11) is 1.54. The monoisotopic (exact) mass is 472 g/mol. The van der Waals surface area contributed by atoms with Crippen molar-refractivity contribution in [1.29, 1.82) is 0 Å². The lowest BCUT2D eigenvalue weighted by molar-refractivity contribution is -0.163. The van der Waals surface area contributed by atoms with Crippen molar-refractivity contribution in [2.24, 2.45) is 5.92 Å². The SMILES string of the molecule is COOSN1CCC(C2=C3NC=CC=C3C(N3CCNCC3)=Cc3cc(Cl)ccc32)CC1. The van der Waals surface area contributed by atoms with Gasteiger partial charge >= 0.3 is 0 Å². The van der Waals surface area contributed by atoms with Crippen LogP contribution in [0.25, 0.3) is 11.6 Å². The van der Waals surface area contributed by atoms with Gasteiger partial charge in [-0.05, 0) is 65.8 Å². The van der Waals surface area contributed by atoms with E-state index >= 15 is 0 Å². The van der Waals surface area contributed by atoms with Crippen LogP contribution in [0.2, 0.25) is 5.02 Å². The maximum Gasteiger partial charge on any atom is 0.121 e. The van der Waals surface area contributed by atoms with Crippen LogP contribution in [0.4, 0.5) is 0 Å². The molecule has 2 fully saturated rings. The molecule has 4 aliphatic rings. The molecule has 2 N–H and O–H groups in total. The van der Waals surface area contributed by atoms with Crippen molar-refractivity contribution < 1.29 is 9.22 Å². The predicted molar refractivity (Wildman–Crippen MR) is 131 cm³/mol. The molecule has 0 saturated carbocycles. The highest BCUT2D eigenvalue weighted by Crippen LogP contribution is 2.44. The average Bonchev–Trinajstić information content (AvgIpc) is 2.98. The summed E-state index contributed by atoms with van der Waals surface area (Å²) in [6, 6.07) is 6.33. The van der Waals surface area contributed by atoms with Gasteiger partial charge in [0.05, 0.1) is 12.8 Å². The van der Waals surface area contributed by atoms with Gasteiger partial charge in [0, 0.05) is 61.8 Å². The zero-order valence-corrected chi connectivity index (χ0v) is 19.8. The molecule has 5 rings (SSSR count). The number of halogens is 1. The Morgan fingerprint density at radius 3 is 2.72 bits per heavy atom. The number of fused-ring (bicyclic) bond motifs is 2. The minimum atomic E-state index is 0.447. The minimum absolute atomic E-state index is 0.447. The zero-order valence-electron chi connectivity index (χ0n) is 18.3. The molecule has 1 aliphatic carbocycles. The molecule has 0 radical (unpaired) electrons. The second kappa shape index (κ2) is 10.0. The maximum atomic E-state index is 6.47. The molecule has 170 valence electrons. The first-order valence-corrected chi connectivity index (χ1v) is 12.3. The Kier molecular flexibility index (Phi) is 6.92. The van der Waals surface area contributed by atoms with Crippen LogP contribution in [0.1, 0.15) is 24.0 Å². The van der Waals surface area contributed by atoms with E-state index < -0.39 is 0 Å². The Hall–Kier alpha value is -1.74. The van der Waals surface area contributed by atoms with Crippen molar-refractivity contribution in [3.8, 4) is 0 Å². The number of hydrogen-bond donors (Lipinski definition) is 2. The topological polar surface area (TPSA) is 49.0 Å². The summed E-state index contributed by atoms with van der Waals surface area (Å²) in [5.74, 6) is 0.447. The highest BCUT2D eigenvalue weighted by molar-refractivity contribution is 7.92. The van der Waals surface area contributed by atoms with Gasteiger partial charge in [0.15, 0.2) is 0 Å². The van der Waals surface area contributed by atoms with Crippen LogP contribution >= 0.6 is 23.8 Å². The van der Waals surface area contributed by atoms with E-state index in [-0.39, 0.29) is 0 Å². The number of rotatable bonds is 5. The molecule has 3 aliphatic heterocycles. The van der Waals surface area contributed by atoms with Crippen LogP contribution in [0.15, 0.2) is 53.5 Å². The first-order chi connectivity index (χ1) is 15.7. The standard InChI is InChI=1S/C24H29ClN4O2S/c1-30-31-32-29-11-6-17(7-12-29)23-20-5-4-19(25)15-18(20)16-22(28-13-9-26-10-14-28)21-3-2-8-27-24(21)23/h2-5,8,15-17,26-27H,6-7,9-14H2,1H3. The van der Waals surface area contributed by atoms with Crippen molar-refractivity contribution in [3.63, 3.8) is 0 Å². The third kappa shape index (κ3) is 4.51. The van der Waals surface area contributed by atoms with Crippen LogP contribution < -0.4 is 10.6 Å². The number of hydrogen-bond acceptors (Lipinski definition) is 7. The molecule has 8 heteroatoms. The highest BCUT2D eigenvalue weighted by Gasteiger charge is 2.32. The van der Waals surface area contributed by atoms with E-state index in [2.05, 4.69) is 50.2 Å². The van der Waals surface area contributed by atoms with E-state index in [0.717, 1.165) is 57.1 Å². The van der Waals surface area contributed by atoms with E-state index in [9.17, 15) is 0 Å². The van der Waals surface area contributed by atoms with Gasteiger partial charge in [0.2, 0.25) is 0 Å². The second-order valence-corrected chi connectivity index (χ2v) is 9.62. The van der Waals surface area contributed by atoms with E-state index in [4.69, 9.17) is 20.8 Å². The Balaban J connectivity index is 1.56. The van der Waals surface area contributed by atoms with Crippen LogP contribution in [0, 0.1) is 5.92 Å². The summed E-state index contributed by atoms with van der Waals surface area (Å²) < 4.78 is 7.30. The summed E-state index contributed by atoms with van der Waals surface area (Å²) >= 11 is 7.77. The summed E-state index contributed by atoms with van der Waals surface area (Å²) in [4.78, 5) is 7.26. The van der Waals surface area contributed by atoms with E-state index in [1.54, 1.807) is 7.11 Å². The Bertz CT molecular complexity index is 976. The number of benzene rings is 1. The van der Waals surface area contributed by atoms with Crippen molar-refractivity contribution in [3.05, 3.63) is 69.7 Å². The first kappa shape index (κ1) is 22.1. The molecule has 32 heavy (non-hydrogen) atoms. The van der Waals surface area contributed by atoms with Crippen molar-refractivity contribution in [1.82, 2.24) is 19.8 Å². The van der Waals surface area contributed by atoms with Gasteiger partial charge in [0.25, 0.3) is 0 Å². The van der Waals surface area contributed by atoms with Gasteiger partial charge in [-0.25, -0.2) is 9.19 Å². The van der Waals surface area contributed by atoms with Gasteiger partial charge in [-0.15, -0.1) is 4.33 Å². The Morgan fingerprint density at radius 2 is 1.94 bits per heavy atom. The quantitative estimate of drug-likeness (QED) is 0.288. The van der Waals surface area contributed by atoms with Crippen LogP contribution in [-0.4, -0.2) is 55.6 Å². The van der Waals surface area contributed by atoms with Crippen molar-refractivity contribution in [2.75, 3.05) is 46.4 Å². The summed E-state index contributed by atoms with van der Waals surface area (Å²) in [6.07, 6.45) is 10.9. The van der Waals surface area contributed by atoms with Crippen LogP contribution in [0.3, 0.4) is 0 Å². The minimum Gasteiger partial charge on any atom is -0.368 e. The molecule has 1 aromatic carbocycles. The number of dihydropyridines is 1. The van der Waals surface area contributed by atoms with Gasteiger partial charge in [-0.1, -0.05) is 17.7 Å². The van der Waals surface area contributed by atoms with Gasteiger partial charge < -0.3 is 15.5 Å². The number of nitrogens with zero attached hydrogens (tertiary/aromatic N) is 2. The fourth-order valence-electron chi connectivity index (χ4n) is 5.02. The zero-order chi connectivity index (χ0) is 21.9. The molecule has 0 atom stereocenters. The lowest BCUT2D eigenvalue weighted by Crippen LogP contribution is -2.43. The molecule has 0 aromatic heterocycles. The number of allylic oxidation sites excluding steroid dienone is 3. The molecular weight excluding hydrogens is 444 g/mol. The lowest BCUT2D eigenvalue weighted by atomic mass is 9.82. The smallest absolute Gasteiger partial charge is 0.121 e. The second-order valence-electron chi connectivity index (χ2n) is 8.38. The van der Waals surface area contributed by atoms with Crippen LogP contribution in [-0.2, 0) is 9.22 Å². The fraction of sp³-hybridized carbons (Fsp3) is 0.417. The molecule has 6 nitrogen and oxygen atoms in total. The Labute approximate surface area is 199 Å². The Morgan fingerprint density at radius 1 is 1.12 bits per heavy atom. The summed E-state index contributed by atoms with van der Waals surface area (Å²) in [5.41, 5.74) is 7.66. The van der Waals surface area contributed by atoms with Crippen molar-refractivity contribution >= 4 is 35.5 Å². The van der Waals surface area contributed by atoms with E-state index in [1.807, 2.05) is 12.3 Å². The van der Waals surface area contributed by atoms with Crippen LogP contribution in [0.5, 0.6) is 0 Å². The molecule has 2 saturated heterocycles. The predicted octanol–water partition coefficient (Wildman–Crippen LogP) is 4.21. The van der Waals surface area contributed by atoms with Crippen molar-refractivity contribution in [2.45, 2.75) is 12.8 Å². The molecule has 0 amide bonds. The third-order valence-electron chi connectivity index (χ3n) is 6.52.